The molecule has 0 amide bonds. The van der Waals surface area contributed by atoms with Crippen LogP contribution in [0, 0.1) is 0 Å². The van der Waals surface area contributed by atoms with Crippen molar-refractivity contribution in [3.8, 4) is 5.75 Å². The smallest absolute Gasteiger partial charge is 0.256 e. The summed E-state index contributed by atoms with van der Waals surface area (Å²) < 4.78 is 5.27. The molecule has 0 unspecified atom stereocenters. The number of rotatable bonds is 6. The average Bonchev–Trinajstić information content (AvgIpc) is 2.73. The topological polar surface area (TPSA) is 58.2 Å². The van der Waals surface area contributed by atoms with Gasteiger partial charge in [0, 0.05) is 31.8 Å². The zero-order valence-electron chi connectivity index (χ0n) is 15.9. The Balaban J connectivity index is 1.44. The second-order valence-electron chi connectivity index (χ2n) is 6.88. The van der Waals surface area contributed by atoms with Gasteiger partial charge >= 0.3 is 0 Å². The molecule has 6 heteroatoms. The Labute approximate surface area is 168 Å². The van der Waals surface area contributed by atoms with Crippen LogP contribution in [0.4, 0.5) is 0 Å². The van der Waals surface area contributed by atoms with Gasteiger partial charge in [0.05, 0.1) is 18.4 Å². The molecule has 5 nitrogen and oxygen atoms in total. The number of nitrogens with zero attached hydrogens (tertiary/aromatic N) is 2. The zero-order chi connectivity index (χ0) is 19.3. The number of ether oxygens (including phenoxy) is 1. The van der Waals surface area contributed by atoms with E-state index in [1.807, 2.05) is 42.5 Å². The number of nitrogens with one attached hydrogen (secondary N) is 1. The molecule has 0 atom stereocenters. The van der Waals surface area contributed by atoms with Crippen molar-refractivity contribution in [1.82, 2.24) is 14.9 Å². The maximum absolute atomic E-state index is 12.6. The summed E-state index contributed by atoms with van der Waals surface area (Å²) >= 11 is 1.55. The maximum Gasteiger partial charge on any atom is 0.256 e. The number of aromatic nitrogens is 2. The SMILES string of the molecule is COc1cccc(CSc2nc3c(c(=O)[nH]2)CN(Cc2ccccc2)CC3)c1. The summed E-state index contributed by atoms with van der Waals surface area (Å²) in [4.78, 5) is 22.6. The third-order valence-corrected chi connectivity index (χ3v) is 5.83. The standard InChI is InChI=1S/C22H23N3O2S/c1-27-18-9-5-8-17(12-18)15-28-22-23-20-10-11-25(14-19(20)21(26)24-22)13-16-6-3-2-4-7-16/h2-9,12H,10-11,13-15H2,1H3,(H,23,24,26). The summed E-state index contributed by atoms with van der Waals surface area (Å²) in [7, 11) is 1.66. The van der Waals surface area contributed by atoms with Gasteiger partial charge in [-0.15, -0.1) is 0 Å². The van der Waals surface area contributed by atoms with E-state index < -0.39 is 0 Å². The molecule has 1 N–H and O–H groups in total. The van der Waals surface area contributed by atoms with Gasteiger partial charge in [-0.25, -0.2) is 4.98 Å². The molecule has 2 heterocycles. The Hall–Kier alpha value is -2.57. The summed E-state index contributed by atoms with van der Waals surface area (Å²) in [6, 6.07) is 18.3. The lowest BCUT2D eigenvalue weighted by Crippen LogP contribution is -2.35. The summed E-state index contributed by atoms with van der Waals surface area (Å²) in [6.45, 7) is 2.41. The number of thioether (sulfide) groups is 1. The number of H-pyrrole nitrogens is 1. The van der Waals surface area contributed by atoms with Crippen molar-refractivity contribution in [2.24, 2.45) is 0 Å². The van der Waals surface area contributed by atoms with Crippen LogP contribution in [-0.2, 0) is 25.3 Å². The van der Waals surface area contributed by atoms with Crippen molar-refractivity contribution in [2.45, 2.75) is 30.4 Å². The maximum atomic E-state index is 12.6. The Morgan fingerprint density at radius 3 is 2.79 bits per heavy atom. The number of fused-ring (bicyclic) bond motifs is 1. The highest BCUT2D eigenvalue weighted by Gasteiger charge is 2.21. The number of benzene rings is 2. The van der Waals surface area contributed by atoms with Crippen LogP contribution in [0.3, 0.4) is 0 Å². The summed E-state index contributed by atoms with van der Waals surface area (Å²) in [5.74, 6) is 1.57. The van der Waals surface area contributed by atoms with E-state index in [4.69, 9.17) is 9.72 Å². The molecule has 0 radical (unpaired) electrons. The first-order chi connectivity index (χ1) is 13.7. The van der Waals surface area contributed by atoms with Gasteiger partial charge in [0.2, 0.25) is 0 Å². The summed E-state index contributed by atoms with van der Waals surface area (Å²) in [5.41, 5.74) is 4.12. The molecule has 0 bridgehead atoms. The molecule has 0 saturated heterocycles. The highest BCUT2D eigenvalue weighted by Crippen LogP contribution is 2.23. The fourth-order valence-electron chi connectivity index (χ4n) is 3.42. The minimum Gasteiger partial charge on any atom is -0.497 e. The zero-order valence-corrected chi connectivity index (χ0v) is 16.7. The van der Waals surface area contributed by atoms with Crippen molar-refractivity contribution >= 4 is 11.8 Å². The van der Waals surface area contributed by atoms with Crippen LogP contribution in [0.25, 0.3) is 0 Å². The van der Waals surface area contributed by atoms with Crippen LogP contribution >= 0.6 is 11.8 Å². The molecule has 4 rings (SSSR count). The molecule has 0 saturated carbocycles. The number of methoxy groups -OCH3 is 1. The van der Waals surface area contributed by atoms with Crippen LogP contribution in [0.15, 0.2) is 64.5 Å². The second-order valence-corrected chi connectivity index (χ2v) is 7.85. The van der Waals surface area contributed by atoms with E-state index in [9.17, 15) is 4.79 Å². The van der Waals surface area contributed by atoms with Gasteiger partial charge in [0.1, 0.15) is 5.75 Å². The molecule has 0 fully saturated rings. The predicted octanol–water partition coefficient (Wildman–Crippen LogP) is 3.63. The Morgan fingerprint density at radius 2 is 1.96 bits per heavy atom. The van der Waals surface area contributed by atoms with Crippen molar-refractivity contribution in [1.29, 1.82) is 0 Å². The van der Waals surface area contributed by atoms with Crippen molar-refractivity contribution in [2.75, 3.05) is 13.7 Å². The highest BCUT2D eigenvalue weighted by atomic mass is 32.2. The Bertz CT molecular complexity index is 1000. The van der Waals surface area contributed by atoms with Crippen LogP contribution in [0.5, 0.6) is 5.75 Å². The van der Waals surface area contributed by atoms with Gasteiger partial charge in [-0.2, -0.15) is 0 Å². The molecule has 144 valence electrons. The molecule has 0 aliphatic carbocycles. The lowest BCUT2D eigenvalue weighted by Gasteiger charge is -2.27. The summed E-state index contributed by atoms with van der Waals surface area (Å²) in [5, 5.41) is 0.683. The van der Waals surface area contributed by atoms with E-state index in [0.717, 1.165) is 47.8 Å². The third kappa shape index (κ3) is 4.46. The number of hydrogen-bond donors (Lipinski definition) is 1. The number of aromatic amines is 1. The van der Waals surface area contributed by atoms with E-state index in [2.05, 4.69) is 22.0 Å². The minimum absolute atomic E-state index is 0.0177. The molecule has 1 aliphatic heterocycles. The van der Waals surface area contributed by atoms with Crippen molar-refractivity contribution in [3.05, 3.63) is 87.3 Å². The normalized spacial score (nSPS) is 13.9. The molecule has 0 spiro atoms. The highest BCUT2D eigenvalue weighted by molar-refractivity contribution is 7.98. The fraction of sp³-hybridized carbons (Fsp3) is 0.273. The van der Waals surface area contributed by atoms with E-state index in [-0.39, 0.29) is 5.56 Å². The Kier molecular flexibility index (Phi) is 5.78. The van der Waals surface area contributed by atoms with Gasteiger partial charge < -0.3 is 9.72 Å². The van der Waals surface area contributed by atoms with Gasteiger partial charge in [0.15, 0.2) is 5.16 Å². The van der Waals surface area contributed by atoms with Gasteiger partial charge in [-0.1, -0.05) is 54.2 Å². The van der Waals surface area contributed by atoms with E-state index in [1.54, 1.807) is 18.9 Å². The quantitative estimate of drug-likeness (QED) is 0.512. The molecular weight excluding hydrogens is 370 g/mol. The van der Waals surface area contributed by atoms with E-state index in [0.29, 0.717) is 11.7 Å². The monoisotopic (exact) mass is 393 g/mol. The minimum atomic E-state index is -0.0177. The first-order valence-electron chi connectivity index (χ1n) is 9.35. The molecule has 1 aliphatic rings. The summed E-state index contributed by atoms with van der Waals surface area (Å²) in [6.07, 6.45) is 0.804. The fourth-order valence-corrected chi connectivity index (χ4v) is 4.24. The van der Waals surface area contributed by atoms with Crippen LogP contribution < -0.4 is 10.3 Å². The molecule has 1 aromatic heterocycles. The van der Waals surface area contributed by atoms with Crippen LogP contribution in [0.1, 0.15) is 22.4 Å². The molecule has 3 aromatic rings. The number of hydrogen-bond acceptors (Lipinski definition) is 5. The predicted molar refractivity (Wildman–Crippen MR) is 112 cm³/mol. The van der Waals surface area contributed by atoms with Crippen LogP contribution in [-0.4, -0.2) is 28.5 Å². The van der Waals surface area contributed by atoms with Gasteiger partial charge in [0.25, 0.3) is 5.56 Å². The third-order valence-electron chi connectivity index (χ3n) is 4.88. The first kappa shape index (κ1) is 18.8. The van der Waals surface area contributed by atoms with Gasteiger partial charge in [-0.3, -0.25) is 9.69 Å². The lowest BCUT2D eigenvalue weighted by atomic mass is 10.1. The second kappa shape index (κ2) is 8.63. The van der Waals surface area contributed by atoms with Gasteiger partial charge in [-0.05, 0) is 23.3 Å². The van der Waals surface area contributed by atoms with E-state index >= 15 is 0 Å². The first-order valence-corrected chi connectivity index (χ1v) is 10.3. The van der Waals surface area contributed by atoms with Crippen molar-refractivity contribution in [3.63, 3.8) is 0 Å². The average molecular weight is 394 g/mol. The largest absolute Gasteiger partial charge is 0.497 e. The lowest BCUT2D eigenvalue weighted by molar-refractivity contribution is 0.241. The molecule has 2 aromatic carbocycles. The molecule has 28 heavy (non-hydrogen) atoms. The van der Waals surface area contributed by atoms with Crippen LogP contribution in [0.2, 0.25) is 0 Å². The van der Waals surface area contributed by atoms with E-state index in [1.165, 1.54) is 5.56 Å². The Morgan fingerprint density at radius 1 is 1.14 bits per heavy atom. The van der Waals surface area contributed by atoms with Crippen molar-refractivity contribution < 1.29 is 4.74 Å². The molecular formula is C22H23N3O2S.